The van der Waals surface area contributed by atoms with Crippen molar-refractivity contribution in [3.63, 3.8) is 0 Å². The van der Waals surface area contributed by atoms with Crippen LogP contribution in [0.3, 0.4) is 0 Å². The lowest BCUT2D eigenvalue weighted by Gasteiger charge is -2.19. The molecule has 0 amide bonds. The van der Waals surface area contributed by atoms with Crippen molar-refractivity contribution in [2.45, 2.75) is 31.7 Å². The predicted molar refractivity (Wildman–Crippen MR) is 44.6 cm³/mol. The smallest absolute Gasteiger partial charge is 0.0240 e. The van der Waals surface area contributed by atoms with Gasteiger partial charge in [0.15, 0.2) is 0 Å². The third kappa shape index (κ3) is 1.31. The number of hydrogen-bond acceptors (Lipinski definition) is 3. The van der Waals surface area contributed by atoms with Gasteiger partial charge in [0.05, 0.1) is 0 Å². The lowest BCUT2D eigenvalue weighted by Crippen LogP contribution is -2.24. The lowest BCUT2D eigenvalue weighted by atomic mass is 10.2. The fraction of sp³-hybridized carbons (Fsp3) is 1.00. The van der Waals surface area contributed by atoms with Gasteiger partial charge in [-0.15, -0.1) is 0 Å². The van der Waals surface area contributed by atoms with Crippen molar-refractivity contribution in [1.82, 2.24) is 9.03 Å². The number of nitrogens with one attached hydrogen (secondary N) is 1. The molecule has 58 valence electrons. The average molecular weight is 158 g/mol. The summed E-state index contributed by atoms with van der Waals surface area (Å²) < 4.78 is 5.80. The largest absolute Gasteiger partial charge is 0.249 e. The molecule has 2 rings (SSSR count). The van der Waals surface area contributed by atoms with Gasteiger partial charge in [-0.3, -0.25) is 0 Å². The maximum absolute atomic E-state index is 3.29. The van der Waals surface area contributed by atoms with Gasteiger partial charge in [-0.05, 0) is 12.8 Å². The van der Waals surface area contributed by atoms with E-state index in [2.05, 4.69) is 9.03 Å². The summed E-state index contributed by atoms with van der Waals surface area (Å²) in [5.74, 6) is 0. The monoisotopic (exact) mass is 158 g/mol. The Morgan fingerprint density at radius 3 is 2.70 bits per heavy atom. The van der Waals surface area contributed by atoms with Crippen molar-refractivity contribution in [1.29, 1.82) is 0 Å². The number of rotatable bonds is 1. The zero-order valence-electron chi connectivity index (χ0n) is 6.18. The van der Waals surface area contributed by atoms with Crippen molar-refractivity contribution in [2.75, 3.05) is 13.1 Å². The van der Waals surface area contributed by atoms with E-state index in [1.54, 1.807) is 0 Å². The van der Waals surface area contributed by atoms with Gasteiger partial charge >= 0.3 is 0 Å². The van der Waals surface area contributed by atoms with E-state index < -0.39 is 0 Å². The Bertz CT molecular complexity index is 92.2. The normalized spacial score (nSPS) is 30.0. The molecule has 1 heterocycles. The van der Waals surface area contributed by atoms with E-state index in [-0.39, 0.29) is 0 Å². The van der Waals surface area contributed by atoms with Crippen LogP contribution in [0.15, 0.2) is 0 Å². The third-order valence-corrected chi connectivity index (χ3v) is 3.40. The molecular weight excluding hydrogens is 144 g/mol. The van der Waals surface area contributed by atoms with Crippen LogP contribution in [0, 0.1) is 0 Å². The minimum atomic E-state index is 0.889. The van der Waals surface area contributed by atoms with E-state index in [9.17, 15) is 0 Å². The highest BCUT2D eigenvalue weighted by Crippen LogP contribution is 2.28. The first-order valence-electron chi connectivity index (χ1n) is 4.13. The first-order valence-corrected chi connectivity index (χ1v) is 4.90. The van der Waals surface area contributed by atoms with Gasteiger partial charge in [0.25, 0.3) is 0 Å². The molecule has 0 unspecified atom stereocenters. The molecule has 2 fully saturated rings. The van der Waals surface area contributed by atoms with Crippen LogP contribution in [0.1, 0.15) is 25.7 Å². The van der Waals surface area contributed by atoms with Gasteiger partial charge in [0.1, 0.15) is 0 Å². The zero-order chi connectivity index (χ0) is 6.81. The van der Waals surface area contributed by atoms with Crippen LogP contribution in [0.4, 0.5) is 0 Å². The van der Waals surface area contributed by atoms with Gasteiger partial charge in [0, 0.05) is 31.3 Å². The van der Waals surface area contributed by atoms with Crippen LogP contribution < -0.4 is 4.72 Å². The minimum Gasteiger partial charge on any atom is -0.249 e. The number of nitrogens with zero attached hydrogens (tertiary/aromatic N) is 1. The second-order valence-corrected chi connectivity index (χ2v) is 4.00. The summed E-state index contributed by atoms with van der Waals surface area (Å²) in [7, 11) is 0. The molecule has 1 aliphatic carbocycles. The Labute approximate surface area is 66.6 Å². The zero-order valence-corrected chi connectivity index (χ0v) is 6.99. The molecule has 0 aromatic heterocycles. The molecule has 1 saturated heterocycles. The minimum absolute atomic E-state index is 0.889. The predicted octanol–water partition coefficient (Wildman–Crippen LogP) is 1.40. The molecule has 2 nitrogen and oxygen atoms in total. The van der Waals surface area contributed by atoms with Crippen LogP contribution in [-0.2, 0) is 0 Å². The van der Waals surface area contributed by atoms with Crippen molar-refractivity contribution in [2.24, 2.45) is 0 Å². The van der Waals surface area contributed by atoms with E-state index in [0.29, 0.717) is 0 Å². The Morgan fingerprint density at radius 2 is 2.10 bits per heavy atom. The molecule has 0 aromatic carbocycles. The van der Waals surface area contributed by atoms with Crippen LogP contribution in [-0.4, -0.2) is 23.4 Å². The third-order valence-electron chi connectivity index (χ3n) is 2.35. The van der Waals surface area contributed by atoms with Crippen LogP contribution in [0.5, 0.6) is 0 Å². The highest BCUT2D eigenvalue weighted by molar-refractivity contribution is 7.95. The molecule has 2 aliphatic rings. The molecule has 1 saturated carbocycles. The molecule has 0 aromatic rings. The summed E-state index contributed by atoms with van der Waals surface area (Å²) in [6.45, 7) is 2.41. The van der Waals surface area contributed by atoms with Crippen LogP contribution in [0.25, 0.3) is 0 Å². The quantitative estimate of drug-likeness (QED) is 0.581. The van der Waals surface area contributed by atoms with Crippen LogP contribution in [0.2, 0.25) is 0 Å². The summed E-state index contributed by atoms with van der Waals surface area (Å²) >= 11 is 1.82. The van der Waals surface area contributed by atoms with Gasteiger partial charge < -0.3 is 0 Å². The van der Waals surface area contributed by atoms with Gasteiger partial charge in [0.2, 0.25) is 0 Å². The molecule has 0 atom stereocenters. The Balaban J connectivity index is 1.85. The average Bonchev–Trinajstić information content (AvgIpc) is 2.59. The SMILES string of the molecule is C1CCC(N2CCNS2)C1. The molecule has 1 N–H and O–H groups in total. The fourth-order valence-electron chi connectivity index (χ4n) is 1.78. The summed E-state index contributed by atoms with van der Waals surface area (Å²) in [6, 6.07) is 0.889. The Kier molecular flexibility index (Phi) is 2.16. The van der Waals surface area contributed by atoms with Crippen molar-refractivity contribution in [3.8, 4) is 0 Å². The first-order chi connectivity index (χ1) is 4.97. The first kappa shape index (κ1) is 6.95. The van der Waals surface area contributed by atoms with E-state index in [4.69, 9.17) is 0 Å². The molecule has 3 heteroatoms. The molecule has 0 radical (unpaired) electrons. The second-order valence-electron chi connectivity index (χ2n) is 3.06. The maximum Gasteiger partial charge on any atom is 0.0240 e. The van der Waals surface area contributed by atoms with Crippen LogP contribution >= 0.6 is 12.1 Å². The molecular formula is C7H14N2S. The summed E-state index contributed by atoms with van der Waals surface area (Å²) in [5.41, 5.74) is 0. The van der Waals surface area contributed by atoms with Gasteiger partial charge in [-0.2, -0.15) is 0 Å². The number of hydrogen-bond donors (Lipinski definition) is 1. The summed E-state index contributed by atoms with van der Waals surface area (Å²) in [4.78, 5) is 0. The molecule has 0 bridgehead atoms. The second kappa shape index (κ2) is 3.11. The highest BCUT2D eigenvalue weighted by Gasteiger charge is 2.25. The Hall–Kier alpha value is 0.270. The van der Waals surface area contributed by atoms with Crippen molar-refractivity contribution < 1.29 is 0 Å². The maximum atomic E-state index is 3.29. The molecule has 0 spiro atoms. The van der Waals surface area contributed by atoms with E-state index in [1.807, 2.05) is 12.1 Å². The van der Waals surface area contributed by atoms with Crippen molar-refractivity contribution in [3.05, 3.63) is 0 Å². The summed E-state index contributed by atoms with van der Waals surface area (Å²) in [5, 5.41) is 0. The topological polar surface area (TPSA) is 15.3 Å². The summed E-state index contributed by atoms with van der Waals surface area (Å²) in [6.07, 6.45) is 5.74. The van der Waals surface area contributed by atoms with E-state index >= 15 is 0 Å². The molecule has 1 aliphatic heterocycles. The lowest BCUT2D eigenvalue weighted by molar-refractivity contribution is 0.380. The fourth-order valence-corrected chi connectivity index (χ4v) is 2.67. The molecule has 10 heavy (non-hydrogen) atoms. The standard InChI is InChI=1S/C7H14N2S/c1-2-4-7(3-1)9-6-5-8-10-9/h7-8H,1-6H2. The Morgan fingerprint density at radius 1 is 1.30 bits per heavy atom. The van der Waals surface area contributed by atoms with E-state index in [1.165, 1.54) is 38.8 Å². The van der Waals surface area contributed by atoms with Gasteiger partial charge in [-0.1, -0.05) is 12.8 Å². The van der Waals surface area contributed by atoms with Crippen molar-refractivity contribution >= 4 is 12.1 Å². The van der Waals surface area contributed by atoms with Gasteiger partial charge in [-0.25, -0.2) is 9.03 Å². The highest BCUT2D eigenvalue weighted by atomic mass is 32.2. The van der Waals surface area contributed by atoms with E-state index in [0.717, 1.165) is 6.04 Å².